The molecule has 31 heavy (non-hydrogen) atoms. The number of para-hydroxylation sites is 2. The smallest absolute Gasteiger partial charge is 0.199 e. The first-order valence-electron chi connectivity index (χ1n) is 10.5. The van der Waals surface area contributed by atoms with E-state index in [2.05, 4.69) is 16.5 Å². The normalized spacial score (nSPS) is 17.2. The van der Waals surface area contributed by atoms with Crippen LogP contribution in [-0.2, 0) is 13.2 Å². The Balaban J connectivity index is 1.39. The summed E-state index contributed by atoms with van der Waals surface area (Å²) < 4.78 is 10.6. The Morgan fingerprint density at radius 2 is 2.13 bits per heavy atom. The van der Waals surface area contributed by atoms with Crippen LogP contribution in [0.3, 0.4) is 0 Å². The minimum absolute atomic E-state index is 0.267. The molecule has 8 heteroatoms. The summed E-state index contributed by atoms with van der Waals surface area (Å²) in [6.07, 6.45) is 7.56. The molecule has 0 bridgehead atoms. The number of allylic oxidation sites excluding steroid dienone is 1. The third-order valence-corrected chi connectivity index (χ3v) is 6.08. The summed E-state index contributed by atoms with van der Waals surface area (Å²) in [5.74, 6) is 1.90. The molecule has 4 aromatic rings. The Labute approximate surface area is 185 Å². The predicted molar refractivity (Wildman–Crippen MR) is 122 cm³/mol. The number of oxazole rings is 1. The van der Waals surface area contributed by atoms with Gasteiger partial charge in [-0.25, -0.2) is 9.67 Å². The molecule has 1 unspecified atom stereocenters. The van der Waals surface area contributed by atoms with E-state index >= 15 is 0 Å². The van der Waals surface area contributed by atoms with Crippen LogP contribution in [0.2, 0.25) is 0 Å². The molecule has 1 aromatic carbocycles. The molecular formula is C23H24N6OS. The predicted octanol–water partition coefficient (Wildman–Crippen LogP) is 4.64. The number of likely N-dealkylation sites (tertiary alicyclic amines) is 1. The van der Waals surface area contributed by atoms with Crippen molar-refractivity contribution in [1.29, 1.82) is 0 Å². The second kappa shape index (κ2) is 8.56. The lowest BCUT2D eigenvalue weighted by atomic mass is 9.98. The molecule has 5 rings (SSSR count). The molecule has 7 nitrogen and oxygen atoms in total. The molecule has 0 aliphatic carbocycles. The minimum atomic E-state index is 0.267. The molecule has 1 aliphatic heterocycles. The van der Waals surface area contributed by atoms with Gasteiger partial charge in [0.15, 0.2) is 22.1 Å². The molecule has 1 fully saturated rings. The average molecular weight is 433 g/mol. The van der Waals surface area contributed by atoms with E-state index in [1.165, 1.54) is 0 Å². The third kappa shape index (κ3) is 3.96. The molecule has 1 atom stereocenters. The Hall–Kier alpha value is -3.10. The maximum Gasteiger partial charge on any atom is 0.199 e. The topological polar surface area (TPSA) is 64.9 Å². The molecule has 158 valence electrons. The van der Waals surface area contributed by atoms with Gasteiger partial charge in [0, 0.05) is 37.0 Å². The van der Waals surface area contributed by atoms with E-state index in [-0.39, 0.29) is 5.92 Å². The number of piperidine rings is 1. The molecule has 0 N–H and O–H groups in total. The number of benzene rings is 1. The highest BCUT2D eigenvalue weighted by Gasteiger charge is 2.26. The van der Waals surface area contributed by atoms with Crippen LogP contribution < -0.4 is 0 Å². The standard InChI is InChI=1S/C23H24N6OS/c1-2-12-28-21(17-7-5-11-24-14-17)26-29(23(28)31)16-27-13-6-8-18(15-27)22-25-19-9-3-4-10-20(19)30-22/h2-5,7,9-11,14,18H,1,6,8,12-13,15-16H2. The fourth-order valence-corrected chi connectivity index (χ4v) is 4.43. The number of pyridine rings is 1. The van der Waals surface area contributed by atoms with Crippen LogP contribution in [0.5, 0.6) is 0 Å². The Bertz CT molecular complexity index is 1230. The molecule has 0 saturated carbocycles. The van der Waals surface area contributed by atoms with Gasteiger partial charge in [0.2, 0.25) is 0 Å². The quantitative estimate of drug-likeness (QED) is 0.327. The van der Waals surface area contributed by atoms with Crippen molar-refractivity contribution in [3.63, 3.8) is 0 Å². The van der Waals surface area contributed by atoms with Gasteiger partial charge in [-0.3, -0.25) is 14.5 Å². The van der Waals surface area contributed by atoms with Crippen molar-refractivity contribution in [2.45, 2.75) is 32.0 Å². The van der Waals surface area contributed by atoms with E-state index < -0.39 is 0 Å². The number of hydrogen-bond acceptors (Lipinski definition) is 6. The number of hydrogen-bond donors (Lipinski definition) is 0. The van der Waals surface area contributed by atoms with Crippen LogP contribution in [0.1, 0.15) is 24.7 Å². The molecule has 3 aromatic heterocycles. The second-order valence-electron chi connectivity index (χ2n) is 7.82. The zero-order valence-corrected chi connectivity index (χ0v) is 18.0. The lowest BCUT2D eigenvalue weighted by molar-refractivity contribution is 0.147. The fraction of sp³-hybridized carbons (Fsp3) is 0.304. The van der Waals surface area contributed by atoms with Crippen LogP contribution >= 0.6 is 12.2 Å². The van der Waals surface area contributed by atoms with Crippen molar-refractivity contribution < 1.29 is 4.42 Å². The Morgan fingerprint density at radius 3 is 2.94 bits per heavy atom. The van der Waals surface area contributed by atoms with Gasteiger partial charge in [-0.2, -0.15) is 5.10 Å². The van der Waals surface area contributed by atoms with Crippen LogP contribution in [-0.4, -0.2) is 42.3 Å². The average Bonchev–Trinajstić information content (AvgIpc) is 3.37. The van der Waals surface area contributed by atoms with Crippen molar-refractivity contribution in [3.05, 3.63) is 72.1 Å². The first-order chi connectivity index (χ1) is 15.2. The largest absolute Gasteiger partial charge is 0.440 e. The number of nitrogens with zero attached hydrogens (tertiary/aromatic N) is 6. The van der Waals surface area contributed by atoms with Crippen molar-refractivity contribution in [1.82, 2.24) is 29.2 Å². The number of fused-ring (bicyclic) bond motifs is 1. The van der Waals surface area contributed by atoms with Gasteiger partial charge in [0.25, 0.3) is 0 Å². The van der Waals surface area contributed by atoms with Gasteiger partial charge >= 0.3 is 0 Å². The summed E-state index contributed by atoms with van der Waals surface area (Å²) in [4.78, 5) is 11.3. The van der Waals surface area contributed by atoms with Gasteiger partial charge in [-0.1, -0.05) is 18.2 Å². The van der Waals surface area contributed by atoms with Gasteiger partial charge in [0.1, 0.15) is 5.52 Å². The molecule has 4 heterocycles. The van der Waals surface area contributed by atoms with E-state index in [4.69, 9.17) is 26.7 Å². The van der Waals surface area contributed by atoms with E-state index in [0.29, 0.717) is 18.0 Å². The maximum atomic E-state index is 6.04. The Morgan fingerprint density at radius 1 is 1.23 bits per heavy atom. The van der Waals surface area contributed by atoms with Gasteiger partial charge in [-0.15, -0.1) is 6.58 Å². The zero-order valence-electron chi connectivity index (χ0n) is 17.2. The lowest BCUT2D eigenvalue weighted by Gasteiger charge is -2.30. The lowest BCUT2D eigenvalue weighted by Crippen LogP contribution is -2.36. The van der Waals surface area contributed by atoms with E-state index in [1.54, 1.807) is 6.20 Å². The zero-order chi connectivity index (χ0) is 21.2. The van der Waals surface area contributed by atoms with Crippen molar-refractivity contribution >= 4 is 23.3 Å². The highest BCUT2D eigenvalue weighted by Crippen LogP contribution is 2.29. The van der Waals surface area contributed by atoms with Crippen LogP contribution in [0.25, 0.3) is 22.5 Å². The molecular weight excluding hydrogens is 408 g/mol. The maximum absolute atomic E-state index is 6.04. The SMILES string of the molecule is C=CCn1c(-c2cccnc2)nn(CN2CCCC(c3nc4ccccc4o3)C2)c1=S. The van der Waals surface area contributed by atoms with E-state index in [0.717, 1.165) is 54.3 Å². The second-order valence-corrected chi connectivity index (χ2v) is 8.19. The van der Waals surface area contributed by atoms with E-state index in [1.807, 2.05) is 57.9 Å². The fourth-order valence-electron chi connectivity index (χ4n) is 4.18. The molecule has 1 aliphatic rings. The van der Waals surface area contributed by atoms with Crippen molar-refractivity contribution in [2.75, 3.05) is 13.1 Å². The summed E-state index contributed by atoms with van der Waals surface area (Å²) in [5, 5.41) is 4.83. The van der Waals surface area contributed by atoms with Crippen LogP contribution in [0.4, 0.5) is 0 Å². The van der Waals surface area contributed by atoms with Gasteiger partial charge in [-0.05, 0) is 55.9 Å². The number of rotatable bonds is 6. The number of aromatic nitrogens is 5. The highest BCUT2D eigenvalue weighted by molar-refractivity contribution is 7.71. The first kappa shape index (κ1) is 19.8. The summed E-state index contributed by atoms with van der Waals surface area (Å²) in [7, 11) is 0. The molecule has 0 spiro atoms. The molecule has 1 saturated heterocycles. The molecule has 0 radical (unpaired) electrons. The highest BCUT2D eigenvalue weighted by atomic mass is 32.1. The molecule has 0 amide bonds. The monoisotopic (exact) mass is 432 g/mol. The third-order valence-electron chi connectivity index (χ3n) is 5.65. The Kier molecular flexibility index (Phi) is 5.48. The van der Waals surface area contributed by atoms with Gasteiger partial charge < -0.3 is 4.42 Å². The minimum Gasteiger partial charge on any atom is -0.440 e. The summed E-state index contributed by atoms with van der Waals surface area (Å²) in [6, 6.07) is 11.8. The van der Waals surface area contributed by atoms with E-state index in [9.17, 15) is 0 Å². The summed E-state index contributed by atoms with van der Waals surface area (Å²) in [6.45, 7) is 6.97. The summed E-state index contributed by atoms with van der Waals surface area (Å²) >= 11 is 5.75. The van der Waals surface area contributed by atoms with Crippen molar-refractivity contribution in [3.8, 4) is 11.4 Å². The summed E-state index contributed by atoms with van der Waals surface area (Å²) in [5.41, 5.74) is 2.71. The van der Waals surface area contributed by atoms with Gasteiger partial charge in [0.05, 0.1) is 6.67 Å². The van der Waals surface area contributed by atoms with Crippen LogP contribution in [0.15, 0.2) is 65.9 Å². The van der Waals surface area contributed by atoms with Crippen LogP contribution in [0, 0.1) is 4.77 Å². The first-order valence-corrected chi connectivity index (χ1v) is 10.9. The van der Waals surface area contributed by atoms with Crippen molar-refractivity contribution in [2.24, 2.45) is 0 Å².